The van der Waals surface area contributed by atoms with Crippen LogP contribution in [0.5, 0.6) is 0 Å². The molecule has 2 unspecified atom stereocenters. The molecule has 1 aliphatic heterocycles. The summed E-state index contributed by atoms with van der Waals surface area (Å²) in [4.78, 5) is 82.0. The zero-order valence-corrected chi connectivity index (χ0v) is 27.2. The fourth-order valence-electron chi connectivity index (χ4n) is 7.36. The molecule has 2 aliphatic carbocycles. The third-order valence-corrected chi connectivity index (χ3v) is 9.88. The second-order valence-electron chi connectivity index (χ2n) is 13.2. The number of carbonyl (C=O) groups is 6. The van der Waals surface area contributed by atoms with E-state index in [4.69, 9.17) is 5.73 Å². The van der Waals surface area contributed by atoms with Crippen molar-refractivity contribution in [3.8, 4) is 0 Å². The molecule has 252 valence electrons. The maximum atomic E-state index is 14.2. The Morgan fingerprint density at radius 1 is 0.913 bits per heavy atom. The summed E-state index contributed by atoms with van der Waals surface area (Å²) in [5.74, 6) is -3.15. The van der Waals surface area contributed by atoms with Crippen LogP contribution in [0, 0.1) is 5.92 Å². The minimum Gasteiger partial charge on any atom is -0.363 e. The molecular formula is C34H50N6O6. The number of primary amides is 1. The van der Waals surface area contributed by atoms with Gasteiger partial charge in [0.2, 0.25) is 23.5 Å². The number of rotatable bonds is 12. The van der Waals surface area contributed by atoms with Crippen LogP contribution < -0.4 is 21.7 Å². The van der Waals surface area contributed by atoms with Gasteiger partial charge in [-0.25, -0.2) is 4.79 Å². The first-order valence-electron chi connectivity index (χ1n) is 16.9. The summed E-state index contributed by atoms with van der Waals surface area (Å²) in [7, 11) is 1.75. The van der Waals surface area contributed by atoms with Gasteiger partial charge in [-0.3, -0.25) is 24.0 Å². The monoisotopic (exact) mass is 638 g/mol. The number of urea groups is 1. The smallest absolute Gasteiger partial charge is 0.316 e. The average Bonchev–Trinajstić information content (AvgIpc) is 3.56. The quantitative estimate of drug-likeness (QED) is 0.256. The first-order chi connectivity index (χ1) is 22.1. The van der Waals surface area contributed by atoms with Crippen LogP contribution in [0.4, 0.5) is 4.79 Å². The van der Waals surface area contributed by atoms with Crippen molar-refractivity contribution in [3.63, 3.8) is 0 Å². The molecular weight excluding hydrogens is 588 g/mol. The molecule has 1 saturated heterocycles. The van der Waals surface area contributed by atoms with Crippen molar-refractivity contribution < 1.29 is 28.8 Å². The van der Waals surface area contributed by atoms with Gasteiger partial charge in [0.05, 0.1) is 6.04 Å². The number of likely N-dealkylation sites (tertiary alicyclic amines) is 1. The molecule has 6 amide bonds. The fourth-order valence-corrected chi connectivity index (χ4v) is 7.36. The molecule has 3 fully saturated rings. The van der Waals surface area contributed by atoms with Crippen molar-refractivity contribution in [2.45, 2.75) is 121 Å². The number of nitrogens with two attached hydrogens (primary N) is 1. The minimum atomic E-state index is -1.13. The lowest BCUT2D eigenvalue weighted by Crippen LogP contribution is -2.64. The molecule has 0 aromatic heterocycles. The summed E-state index contributed by atoms with van der Waals surface area (Å²) < 4.78 is 0. The van der Waals surface area contributed by atoms with Crippen molar-refractivity contribution in [1.29, 1.82) is 0 Å². The Kier molecular flexibility index (Phi) is 12.2. The summed E-state index contributed by atoms with van der Waals surface area (Å²) >= 11 is 0. The highest BCUT2D eigenvalue weighted by Gasteiger charge is 2.45. The lowest BCUT2D eigenvalue weighted by Gasteiger charge is -2.40. The van der Waals surface area contributed by atoms with Crippen molar-refractivity contribution in [2.75, 3.05) is 13.6 Å². The molecule has 3 atom stereocenters. The van der Waals surface area contributed by atoms with Gasteiger partial charge in [0, 0.05) is 20.1 Å². The molecule has 0 spiro atoms. The van der Waals surface area contributed by atoms with E-state index in [2.05, 4.69) is 16.0 Å². The van der Waals surface area contributed by atoms with E-state index < -0.39 is 47.3 Å². The van der Waals surface area contributed by atoms with Crippen molar-refractivity contribution in [3.05, 3.63) is 35.9 Å². The number of nitrogens with zero attached hydrogens (tertiary/aromatic N) is 2. The number of hydrogen-bond acceptors (Lipinski definition) is 6. The van der Waals surface area contributed by atoms with Crippen molar-refractivity contribution >= 4 is 35.4 Å². The lowest BCUT2D eigenvalue weighted by molar-refractivity contribution is -0.143. The number of nitrogens with one attached hydrogen (secondary N) is 3. The molecule has 0 radical (unpaired) electrons. The number of likely N-dealkylation sites (N-methyl/N-ethyl adjacent to an activating group) is 1. The van der Waals surface area contributed by atoms with Crippen LogP contribution in [0.2, 0.25) is 0 Å². The van der Waals surface area contributed by atoms with E-state index in [1.807, 2.05) is 30.3 Å². The SMILES string of the molecule is CCC(NC(=O)[C@@H]1CCCN1C(=O)C(NC(=O)NC1(C(=O)N(C)Cc2ccccc2)CCCCC1)C1CCCCC1)C(=O)C(N)=O. The Morgan fingerprint density at radius 2 is 1.57 bits per heavy atom. The Hall–Kier alpha value is -3.96. The average molecular weight is 639 g/mol. The number of carbonyl (C=O) groups excluding carboxylic acids is 6. The molecule has 2 saturated carbocycles. The van der Waals surface area contributed by atoms with Crippen LogP contribution in [0.15, 0.2) is 30.3 Å². The van der Waals surface area contributed by atoms with Crippen molar-refractivity contribution in [1.82, 2.24) is 25.8 Å². The van der Waals surface area contributed by atoms with Gasteiger partial charge < -0.3 is 31.5 Å². The van der Waals surface area contributed by atoms with Crippen LogP contribution >= 0.6 is 0 Å². The first kappa shape index (κ1) is 34.9. The highest BCUT2D eigenvalue weighted by molar-refractivity contribution is 6.37. The maximum absolute atomic E-state index is 14.2. The van der Waals surface area contributed by atoms with Gasteiger partial charge in [-0.05, 0) is 56.4 Å². The molecule has 4 rings (SSSR count). The van der Waals surface area contributed by atoms with Crippen molar-refractivity contribution in [2.24, 2.45) is 11.7 Å². The Labute approximate surface area is 271 Å². The standard InChI is InChI=1S/C34H50N6O6/c1-3-25(28(41)29(35)42)36-30(43)26-18-13-21-40(26)31(44)27(24-16-9-5-10-17-24)37-33(46)38-34(19-11-6-12-20-34)32(45)39(2)22-23-14-7-4-8-15-23/h4,7-8,14-15,24-27H,3,5-6,9-13,16-22H2,1-2H3,(H2,35,42)(H,36,43)(H2,37,38,46)/t25?,26-,27?/m0/s1. The maximum Gasteiger partial charge on any atom is 0.316 e. The van der Waals surface area contributed by atoms with E-state index in [1.165, 1.54) is 4.90 Å². The summed E-state index contributed by atoms with van der Waals surface area (Å²) in [6, 6.07) is 6.36. The Balaban J connectivity index is 1.50. The number of Topliss-reactive ketones (excluding diaryl/α,β-unsaturated/α-hetero) is 1. The molecule has 12 heteroatoms. The third kappa shape index (κ3) is 8.44. The van der Waals surface area contributed by atoms with Gasteiger partial charge in [0.1, 0.15) is 17.6 Å². The van der Waals surface area contributed by atoms with E-state index in [1.54, 1.807) is 18.9 Å². The van der Waals surface area contributed by atoms with Crippen LogP contribution in [-0.2, 0) is 30.5 Å². The summed E-state index contributed by atoms with van der Waals surface area (Å²) in [5, 5.41) is 8.60. The second-order valence-corrected chi connectivity index (χ2v) is 13.2. The van der Waals surface area contributed by atoms with Crippen LogP contribution in [0.1, 0.15) is 96.0 Å². The molecule has 1 aromatic carbocycles. The predicted molar refractivity (Wildman–Crippen MR) is 172 cm³/mol. The van der Waals surface area contributed by atoms with E-state index in [9.17, 15) is 28.8 Å². The van der Waals surface area contributed by atoms with Crippen LogP contribution in [0.25, 0.3) is 0 Å². The van der Waals surface area contributed by atoms with Crippen LogP contribution in [-0.4, -0.2) is 82.5 Å². The largest absolute Gasteiger partial charge is 0.363 e. The molecule has 46 heavy (non-hydrogen) atoms. The number of amides is 6. The van der Waals surface area contributed by atoms with Gasteiger partial charge in [0.25, 0.3) is 5.91 Å². The van der Waals surface area contributed by atoms with Gasteiger partial charge in [0.15, 0.2) is 0 Å². The van der Waals surface area contributed by atoms with E-state index in [0.717, 1.165) is 56.9 Å². The number of benzene rings is 1. The predicted octanol–water partition coefficient (Wildman–Crippen LogP) is 2.54. The second kappa shape index (κ2) is 16.0. The molecule has 12 nitrogen and oxygen atoms in total. The molecule has 0 bridgehead atoms. The van der Waals surface area contributed by atoms with E-state index >= 15 is 0 Å². The Bertz CT molecular complexity index is 1260. The molecule has 1 aromatic rings. The van der Waals surface area contributed by atoms with E-state index in [-0.39, 0.29) is 24.2 Å². The fraction of sp³-hybridized carbons (Fsp3) is 0.647. The topological polar surface area (TPSA) is 171 Å². The van der Waals surface area contributed by atoms with E-state index in [0.29, 0.717) is 38.8 Å². The number of ketones is 1. The summed E-state index contributed by atoms with van der Waals surface area (Å²) in [6.07, 6.45) is 9.21. The highest BCUT2D eigenvalue weighted by atomic mass is 16.2. The highest BCUT2D eigenvalue weighted by Crippen LogP contribution is 2.32. The van der Waals surface area contributed by atoms with Gasteiger partial charge >= 0.3 is 6.03 Å². The minimum absolute atomic E-state index is 0.116. The molecule has 5 N–H and O–H groups in total. The normalized spacial score (nSPS) is 21.0. The lowest BCUT2D eigenvalue weighted by atomic mass is 9.80. The van der Waals surface area contributed by atoms with Crippen LogP contribution in [0.3, 0.4) is 0 Å². The molecule has 3 aliphatic rings. The Morgan fingerprint density at radius 3 is 2.20 bits per heavy atom. The summed E-state index contributed by atoms with van der Waals surface area (Å²) in [5.41, 5.74) is 5.07. The first-order valence-corrected chi connectivity index (χ1v) is 16.9. The van der Waals surface area contributed by atoms with Gasteiger partial charge in [-0.2, -0.15) is 0 Å². The third-order valence-electron chi connectivity index (χ3n) is 9.88. The zero-order valence-electron chi connectivity index (χ0n) is 27.2. The summed E-state index contributed by atoms with van der Waals surface area (Å²) in [6.45, 7) is 2.40. The van der Waals surface area contributed by atoms with Gasteiger partial charge in [-0.15, -0.1) is 0 Å². The van der Waals surface area contributed by atoms with Gasteiger partial charge in [-0.1, -0.05) is 75.8 Å². The molecule has 1 heterocycles. The zero-order chi connectivity index (χ0) is 33.3. The number of hydrogen-bond donors (Lipinski definition) is 4.